The van der Waals surface area contributed by atoms with E-state index in [-0.39, 0.29) is 29.6 Å². The first kappa shape index (κ1) is 14.3. The fourth-order valence-electron chi connectivity index (χ4n) is 2.84. The molecule has 106 valence electrons. The molecule has 1 aliphatic carbocycles. The third-order valence-electron chi connectivity index (χ3n) is 3.88. The number of benzene rings is 1. The molecular weight excluding hydrogens is 245 g/mol. The van der Waals surface area contributed by atoms with E-state index in [2.05, 4.69) is 4.90 Å². The van der Waals surface area contributed by atoms with Gasteiger partial charge in [0.1, 0.15) is 0 Å². The van der Waals surface area contributed by atoms with E-state index in [0.29, 0.717) is 6.61 Å². The summed E-state index contributed by atoms with van der Waals surface area (Å²) in [6.45, 7) is 2.43. The zero-order valence-electron chi connectivity index (χ0n) is 11.8. The lowest BCUT2D eigenvalue weighted by Crippen LogP contribution is -2.31. The molecule has 1 fully saturated rings. The molecule has 1 aromatic rings. The minimum Gasteiger partial charge on any atom is -0.491 e. The van der Waals surface area contributed by atoms with E-state index in [1.165, 1.54) is 6.07 Å². The van der Waals surface area contributed by atoms with E-state index in [4.69, 9.17) is 4.74 Å². The van der Waals surface area contributed by atoms with Crippen molar-refractivity contribution in [1.29, 1.82) is 0 Å². The van der Waals surface area contributed by atoms with E-state index < -0.39 is 0 Å². The van der Waals surface area contributed by atoms with Crippen molar-refractivity contribution in [2.75, 3.05) is 27.3 Å². The van der Waals surface area contributed by atoms with Gasteiger partial charge in [-0.2, -0.15) is 0 Å². The van der Waals surface area contributed by atoms with E-state index >= 15 is 0 Å². The molecule has 19 heavy (non-hydrogen) atoms. The first-order valence-electron chi connectivity index (χ1n) is 6.73. The van der Waals surface area contributed by atoms with Gasteiger partial charge in [0.05, 0.1) is 13.2 Å². The molecule has 0 aromatic heterocycles. The highest BCUT2D eigenvalue weighted by Gasteiger charge is 2.50. The first-order chi connectivity index (χ1) is 9.04. The molecule has 1 aliphatic rings. The van der Waals surface area contributed by atoms with Crippen LogP contribution in [0.1, 0.15) is 31.4 Å². The minimum absolute atomic E-state index is 0.0441. The molecule has 1 aromatic carbocycles. The van der Waals surface area contributed by atoms with Crippen molar-refractivity contribution in [2.45, 2.75) is 25.8 Å². The highest BCUT2D eigenvalue weighted by atomic mass is 19.1. The number of aliphatic hydroxyl groups is 1. The molecule has 1 saturated carbocycles. The molecule has 0 radical (unpaired) electrons. The van der Waals surface area contributed by atoms with Gasteiger partial charge < -0.3 is 14.7 Å². The second kappa shape index (κ2) is 5.47. The van der Waals surface area contributed by atoms with E-state index in [1.807, 2.05) is 27.1 Å². The zero-order valence-corrected chi connectivity index (χ0v) is 11.8. The van der Waals surface area contributed by atoms with E-state index in [0.717, 1.165) is 18.4 Å². The number of aliphatic hydroxyl groups excluding tert-OH is 1. The summed E-state index contributed by atoms with van der Waals surface area (Å²) in [6, 6.07) is 5.15. The summed E-state index contributed by atoms with van der Waals surface area (Å²) in [5.74, 6) is -0.0439. The highest BCUT2D eigenvalue weighted by Crippen LogP contribution is 2.56. The van der Waals surface area contributed by atoms with Crippen molar-refractivity contribution < 1.29 is 14.2 Å². The van der Waals surface area contributed by atoms with Crippen LogP contribution in [-0.4, -0.2) is 37.3 Å². The monoisotopic (exact) mass is 267 g/mol. The Morgan fingerprint density at radius 2 is 2.11 bits per heavy atom. The maximum atomic E-state index is 14.0. The Bertz CT molecular complexity index is 444. The summed E-state index contributed by atoms with van der Waals surface area (Å²) >= 11 is 0. The number of ether oxygens (including phenoxy) is 1. The lowest BCUT2D eigenvalue weighted by molar-refractivity contribution is 0.115. The van der Waals surface area contributed by atoms with Crippen LogP contribution in [0.25, 0.3) is 0 Å². The molecule has 0 spiro atoms. The predicted molar refractivity (Wildman–Crippen MR) is 72.7 cm³/mol. The van der Waals surface area contributed by atoms with Gasteiger partial charge >= 0.3 is 0 Å². The van der Waals surface area contributed by atoms with Gasteiger partial charge in [-0.3, -0.25) is 0 Å². The maximum absolute atomic E-state index is 14.0. The Morgan fingerprint density at radius 1 is 1.42 bits per heavy atom. The van der Waals surface area contributed by atoms with Crippen molar-refractivity contribution in [3.05, 3.63) is 29.6 Å². The van der Waals surface area contributed by atoms with Gasteiger partial charge in [0.25, 0.3) is 0 Å². The number of halogens is 1. The number of rotatable bonds is 6. The highest BCUT2D eigenvalue weighted by molar-refractivity contribution is 5.33. The predicted octanol–water partition coefficient (Wildman–Crippen LogP) is 2.60. The van der Waals surface area contributed by atoms with Crippen LogP contribution in [0.15, 0.2) is 18.2 Å². The van der Waals surface area contributed by atoms with Crippen molar-refractivity contribution in [3.63, 3.8) is 0 Å². The van der Waals surface area contributed by atoms with Crippen LogP contribution in [-0.2, 0) is 0 Å². The molecule has 1 atom stereocenters. The smallest absolute Gasteiger partial charge is 0.165 e. The van der Waals surface area contributed by atoms with Crippen LogP contribution in [0.2, 0.25) is 0 Å². The van der Waals surface area contributed by atoms with Gasteiger partial charge in [-0.15, -0.1) is 0 Å². The standard InChI is InChI=1S/C15H22FNO2/c1-4-19-13-6-5-11(9-12(13)16)14(17(2)3)15(10-18)7-8-15/h5-6,9,14,18H,4,7-8,10H2,1-3H3. The molecule has 4 heteroatoms. The third kappa shape index (κ3) is 2.74. The molecule has 0 amide bonds. The average Bonchev–Trinajstić information content (AvgIpc) is 3.13. The summed E-state index contributed by atoms with van der Waals surface area (Å²) in [6.07, 6.45) is 1.97. The molecular formula is C15H22FNO2. The fourth-order valence-corrected chi connectivity index (χ4v) is 2.84. The lowest BCUT2D eigenvalue weighted by atomic mass is 9.89. The molecule has 2 rings (SSSR count). The largest absolute Gasteiger partial charge is 0.491 e. The zero-order chi connectivity index (χ0) is 14.0. The summed E-state index contributed by atoms with van der Waals surface area (Å²) in [5, 5.41) is 9.60. The fraction of sp³-hybridized carbons (Fsp3) is 0.600. The molecule has 0 bridgehead atoms. The Labute approximate surface area is 114 Å². The van der Waals surface area contributed by atoms with Crippen LogP contribution in [0.5, 0.6) is 5.75 Å². The molecule has 0 aliphatic heterocycles. The average molecular weight is 267 g/mol. The van der Waals surface area contributed by atoms with Crippen molar-refractivity contribution in [1.82, 2.24) is 4.90 Å². The first-order valence-corrected chi connectivity index (χ1v) is 6.73. The number of hydrogen-bond donors (Lipinski definition) is 1. The normalized spacial score (nSPS) is 18.4. The second-order valence-corrected chi connectivity index (χ2v) is 5.51. The second-order valence-electron chi connectivity index (χ2n) is 5.51. The lowest BCUT2D eigenvalue weighted by Gasteiger charge is -2.32. The molecule has 0 heterocycles. The van der Waals surface area contributed by atoms with Gasteiger partial charge in [0.2, 0.25) is 0 Å². The SMILES string of the molecule is CCOc1ccc(C(N(C)C)C2(CO)CC2)cc1F. The van der Waals surface area contributed by atoms with Crippen LogP contribution in [0.4, 0.5) is 4.39 Å². The van der Waals surface area contributed by atoms with Gasteiger partial charge in [-0.1, -0.05) is 6.07 Å². The van der Waals surface area contributed by atoms with Crippen LogP contribution in [0, 0.1) is 11.2 Å². The van der Waals surface area contributed by atoms with Crippen LogP contribution >= 0.6 is 0 Å². The van der Waals surface area contributed by atoms with E-state index in [9.17, 15) is 9.50 Å². The third-order valence-corrected chi connectivity index (χ3v) is 3.88. The Balaban J connectivity index is 2.30. The van der Waals surface area contributed by atoms with Crippen LogP contribution < -0.4 is 4.74 Å². The topological polar surface area (TPSA) is 32.7 Å². The van der Waals surface area contributed by atoms with Crippen molar-refractivity contribution in [3.8, 4) is 5.75 Å². The summed E-state index contributed by atoms with van der Waals surface area (Å²) in [4.78, 5) is 2.05. The van der Waals surface area contributed by atoms with Gasteiger partial charge in [0, 0.05) is 11.5 Å². The summed E-state index contributed by atoms with van der Waals surface area (Å²) < 4.78 is 19.2. The van der Waals surface area contributed by atoms with E-state index in [1.54, 1.807) is 6.07 Å². The van der Waals surface area contributed by atoms with Crippen LogP contribution in [0.3, 0.4) is 0 Å². The summed E-state index contributed by atoms with van der Waals surface area (Å²) in [5.41, 5.74) is 0.792. The summed E-state index contributed by atoms with van der Waals surface area (Å²) in [7, 11) is 3.93. The minimum atomic E-state index is -0.333. The van der Waals surface area contributed by atoms with Crippen molar-refractivity contribution >= 4 is 0 Å². The molecule has 1 unspecified atom stereocenters. The van der Waals surface area contributed by atoms with Gasteiger partial charge in [-0.05, 0) is 51.6 Å². The Morgan fingerprint density at radius 3 is 2.53 bits per heavy atom. The van der Waals surface area contributed by atoms with Gasteiger partial charge in [0.15, 0.2) is 11.6 Å². The Kier molecular flexibility index (Phi) is 4.11. The number of nitrogens with zero attached hydrogens (tertiary/aromatic N) is 1. The molecule has 3 nitrogen and oxygen atoms in total. The molecule has 1 N–H and O–H groups in total. The van der Waals surface area contributed by atoms with Crippen molar-refractivity contribution in [2.24, 2.45) is 5.41 Å². The quantitative estimate of drug-likeness (QED) is 0.860. The maximum Gasteiger partial charge on any atom is 0.165 e. The number of hydrogen-bond acceptors (Lipinski definition) is 3. The van der Waals surface area contributed by atoms with Gasteiger partial charge in [-0.25, -0.2) is 4.39 Å². The molecule has 0 saturated heterocycles. The Hall–Kier alpha value is -1.13.